The first-order valence-electron chi connectivity index (χ1n) is 8.06. The fourth-order valence-electron chi connectivity index (χ4n) is 3.41. The molecule has 23 heavy (non-hydrogen) atoms. The largest absolute Gasteiger partial charge is 0.492 e. The lowest BCUT2D eigenvalue weighted by Crippen LogP contribution is -2.60. The summed E-state index contributed by atoms with van der Waals surface area (Å²) in [5.74, 6) is 0.460. The topological polar surface area (TPSA) is 49.9 Å². The summed E-state index contributed by atoms with van der Waals surface area (Å²) >= 11 is 6.17. The number of amides is 2. The van der Waals surface area contributed by atoms with Crippen molar-refractivity contribution in [2.75, 3.05) is 19.7 Å². The second-order valence-electron chi connectivity index (χ2n) is 6.04. The molecule has 1 aromatic carbocycles. The van der Waals surface area contributed by atoms with Gasteiger partial charge in [-0.3, -0.25) is 9.59 Å². The third-order valence-electron chi connectivity index (χ3n) is 4.63. The summed E-state index contributed by atoms with van der Waals surface area (Å²) in [6, 6.07) is 4.75. The van der Waals surface area contributed by atoms with Crippen LogP contribution in [-0.2, 0) is 4.79 Å². The Morgan fingerprint density at radius 3 is 2.91 bits per heavy atom. The molecule has 124 valence electrons. The first kappa shape index (κ1) is 16.1. The summed E-state index contributed by atoms with van der Waals surface area (Å²) < 4.78 is 5.39. The minimum Gasteiger partial charge on any atom is -0.492 e. The fourth-order valence-corrected chi connectivity index (χ4v) is 3.64. The minimum atomic E-state index is -0.429. The van der Waals surface area contributed by atoms with Gasteiger partial charge in [0, 0.05) is 24.7 Å². The van der Waals surface area contributed by atoms with Crippen LogP contribution in [0.4, 0.5) is 0 Å². The Kier molecular flexibility index (Phi) is 4.48. The van der Waals surface area contributed by atoms with Crippen molar-refractivity contribution in [2.45, 2.75) is 38.8 Å². The third-order valence-corrected chi connectivity index (χ3v) is 4.93. The van der Waals surface area contributed by atoms with Gasteiger partial charge in [-0.15, -0.1) is 0 Å². The highest BCUT2D eigenvalue weighted by Gasteiger charge is 2.42. The van der Waals surface area contributed by atoms with E-state index in [1.165, 1.54) is 0 Å². The lowest BCUT2D eigenvalue weighted by atomic mass is 10.1. The van der Waals surface area contributed by atoms with Gasteiger partial charge in [0.05, 0.1) is 11.6 Å². The maximum Gasteiger partial charge on any atom is 0.254 e. The van der Waals surface area contributed by atoms with Gasteiger partial charge in [0.1, 0.15) is 11.8 Å². The van der Waals surface area contributed by atoms with Crippen LogP contribution in [0, 0.1) is 0 Å². The maximum atomic E-state index is 12.8. The molecule has 2 atom stereocenters. The van der Waals surface area contributed by atoms with Gasteiger partial charge in [0.15, 0.2) is 0 Å². The highest BCUT2D eigenvalue weighted by Crippen LogP contribution is 2.29. The number of halogens is 1. The number of hydrogen-bond acceptors (Lipinski definition) is 3. The van der Waals surface area contributed by atoms with Crippen molar-refractivity contribution in [1.29, 1.82) is 0 Å². The number of piperazine rings is 1. The van der Waals surface area contributed by atoms with E-state index in [4.69, 9.17) is 16.3 Å². The predicted octanol–water partition coefficient (Wildman–Crippen LogP) is 2.57. The molecule has 0 saturated carbocycles. The summed E-state index contributed by atoms with van der Waals surface area (Å²) in [4.78, 5) is 28.9. The van der Waals surface area contributed by atoms with Gasteiger partial charge < -0.3 is 14.5 Å². The standard InChI is InChI=1S/C17H21ClN2O3/c1-3-23-15-7-6-12(9-14(15)18)17(22)20-10-13-5-4-8-19(13)16(21)11(20)2/h6-7,9,11,13H,3-5,8,10H2,1-2H3/t11-,13-/m1/s1. The van der Waals surface area contributed by atoms with E-state index >= 15 is 0 Å². The molecule has 0 radical (unpaired) electrons. The summed E-state index contributed by atoms with van der Waals surface area (Å²) in [6.45, 7) is 5.60. The van der Waals surface area contributed by atoms with E-state index in [0.29, 0.717) is 29.5 Å². The molecule has 0 bridgehead atoms. The zero-order valence-corrected chi connectivity index (χ0v) is 14.2. The number of carbonyl (C=O) groups is 2. The van der Waals surface area contributed by atoms with E-state index < -0.39 is 6.04 Å². The van der Waals surface area contributed by atoms with E-state index in [0.717, 1.165) is 19.4 Å². The van der Waals surface area contributed by atoms with E-state index in [-0.39, 0.29) is 17.9 Å². The van der Waals surface area contributed by atoms with Crippen LogP contribution in [0.25, 0.3) is 0 Å². The average Bonchev–Trinajstić information content (AvgIpc) is 3.01. The SMILES string of the molecule is CCOc1ccc(C(=O)N2C[C@H]3CCCN3C(=O)[C@H]2C)cc1Cl. The molecule has 0 spiro atoms. The second-order valence-corrected chi connectivity index (χ2v) is 6.45. The highest BCUT2D eigenvalue weighted by molar-refractivity contribution is 6.32. The maximum absolute atomic E-state index is 12.8. The molecule has 0 aliphatic carbocycles. The van der Waals surface area contributed by atoms with E-state index in [2.05, 4.69) is 0 Å². The van der Waals surface area contributed by atoms with Gasteiger partial charge in [0.25, 0.3) is 5.91 Å². The minimum absolute atomic E-state index is 0.0455. The molecule has 2 aliphatic rings. The van der Waals surface area contributed by atoms with Crippen molar-refractivity contribution in [2.24, 2.45) is 0 Å². The lowest BCUT2D eigenvalue weighted by Gasteiger charge is -2.41. The molecule has 0 unspecified atom stereocenters. The number of ether oxygens (including phenoxy) is 1. The smallest absolute Gasteiger partial charge is 0.254 e. The highest BCUT2D eigenvalue weighted by atomic mass is 35.5. The Morgan fingerprint density at radius 1 is 1.43 bits per heavy atom. The van der Waals surface area contributed by atoms with Crippen molar-refractivity contribution < 1.29 is 14.3 Å². The van der Waals surface area contributed by atoms with Crippen molar-refractivity contribution in [3.05, 3.63) is 28.8 Å². The molecule has 2 amide bonds. The van der Waals surface area contributed by atoms with E-state index in [1.807, 2.05) is 11.8 Å². The van der Waals surface area contributed by atoms with Crippen LogP contribution in [0.3, 0.4) is 0 Å². The van der Waals surface area contributed by atoms with Gasteiger partial charge in [-0.1, -0.05) is 11.6 Å². The van der Waals surface area contributed by atoms with Crippen LogP contribution < -0.4 is 4.74 Å². The monoisotopic (exact) mass is 336 g/mol. The van der Waals surface area contributed by atoms with Crippen LogP contribution in [0.15, 0.2) is 18.2 Å². The van der Waals surface area contributed by atoms with Crippen LogP contribution in [0.2, 0.25) is 5.02 Å². The number of hydrogen-bond donors (Lipinski definition) is 0. The zero-order valence-electron chi connectivity index (χ0n) is 13.4. The van der Waals surface area contributed by atoms with Gasteiger partial charge >= 0.3 is 0 Å². The number of fused-ring (bicyclic) bond motifs is 1. The first-order chi connectivity index (χ1) is 11.0. The second kappa shape index (κ2) is 6.40. The third kappa shape index (κ3) is 2.90. The number of nitrogens with zero attached hydrogens (tertiary/aromatic N) is 2. The fraction of sp³-hybridized carbons (Fsp3) is 0.529. The molecule has 0 N–H and O–H groups in total. The summed E-state index contributed by atoms with van der Waals surface area (Å²) in [5.41, 5.74) is 0.490. The van der Waals surface area contributed by atoms with Crippen molar-refractivity contribution in [3.8, 4) is 5.75 Å². The Hall–Kier alpha value is -1.75. The van der Waals surface area contributed by atoms with Crippen LogP contribution in [0.1, 0.15) is 37.0 Å². The first-order valence-corrected chi connectivity index (χ1v) is 8.44. The zero-order chi connectivity index (χ0) is 16.6. The van der Waals surface area contributed by atoms with Crippen molar-refractivity contribution >= 4 is 23.4 Å². The molecule has 3 rings (SSSR count). The van der Waals surface area contributed by atoms with E-state index in [1.54, 1.807) is 30.0 Å². The Balaban J connectivity index is 1.82. The molecule has 0 aromatic heterocycles. The number of rotatable bonds is 3. The molecule has 5 nitrogen and oxygen atoms in total. The van der Waals surface area contributed by atoms with Crippen LogP contribution >= 0.6 is 11.6 Å². The van der Waals surface area contributed by atoms with Gasteiger partial charge in [0.2, 0.25) is 5.91 Å². The Morgan fingerprint density at radius 2 is 2.22 bits per heavy atom. The molecule has 2 heterocycles. The molecule has 2 saturated heterocycles. The van der Waals surface area contributed by atoms with Gasteiger partial charge in [-0.2, -0.15) is 0 Å². The quantitative estimate of drug-likeness (QED) is 0.852. The Bertz CT molecular complexity index is 634. The van der Waals surface area contributed by atoms with Gasteiger partial charge in [-0.05, 0) is 44.9 Å². The molecule has 1 aromatic rings. The molecular formula is C17H21ClN2O3. The van der Waals surface area contributed by atoms with Crippen molar-refractivity contribution in [3.63, 3.8) is 0 Å². The Labute approximate surface area is 141 Å². The van der Waals surface area contributed by atoms with Crippen molar-refractivity contribution in [1.82, 2.24) is 9.80 Å². The molecule has 6 heteroatoms. The summed E-state index contributed by atoms with van der Waals surface area (Å²) in [7, 11) is 0. The molecular weight excluding hydrogens is 316 g/mol. The lowest BCUT2D eigenvalue weighted by molar-refractivity contribution is -0.141. The summed E-state index contributed by atoms with van der Waals surface area (Å²) in [6.07, 6.45) is 1.98. The van der Waals surface area contributed by atoms with E-state index in [9.17, 15) is 9.59 Å². The number of benzene rings is 1. The molecule has 2 fully saturated rings. The number of carbonyl (C=O) groups excluding carboxylic acids is 2. The van der Waals surface area contributed by atoms with Crippen LogP contribution in [-0.4, -0.2) is 53.4 Å². The normalized spacial score (nSPS) is 23.9. The molecule has 2 aliphatic heterocycles. The van der Waals surface area contributed by atoms with Gasteiger partial charge in [-0.25, -0.2) is 0 Å². The predicted molar refractivity (Wildman–Crippen MR) is 87.9 cm³/mol. The average molecular weight is 337 g/mol. The summed E-state index contributed by atoms with van der Waals surface area (Å²) in [5, 5.41) is 0.413. The van der Waals surface area contributed by atoms with Crippen LogP contribution in [0.5, 0.6) is 5.75 Å².